The Morgan fingerprint density at radius 1 is 1.40 bits per heavy atom. The van der Waals surface area contributed by atoms with Crippen LogP contribution in [-0.2, 0) is 16.1 Å². The van der Waals surface area contributed by atoms with Crippen LogP contribution in [0.3, 0.4) is 0 Å². The van der Waals surface area contributed by atoms with Gasteiger partial charge in [0.1, 0.15) is 0 Å². The third kappa shape index (κ3) is 5.67. The van der Waals surface area contributed by atoms with Gasteiger partial charge in [0.2, 0.25) is 5.91 Å². The number of carbonyl (C=O) groups excluding carboxylic acids is 1. The Balaban J connectivity index is 0.00000225. The van der Waals surface area contributed by atoms with E-state index in [4.69, 9.17) is 4.74 Å². The number of hydrogen-bond donors (Lipinski definition) is 2. The quantitative estimate of drug-likeness (QED) is 0.827. The maximum Gasteiger partial charge on any atom is 0.347 e. The lowest BCUT2D eigenvalue weighted by Gasteiger charge is -2.23. The number of halogens is 1. The van der Waals surface area contributed by atoms with Crippen molar-refractivity contribution in [3.8, 4) is 0 Å². The van der Waals surface area contributed by atoms with E-state index in [2.05, 4.69) is 15.6 Å². The van der Waals surface area contributed by atoms with Crippen molar-refractivity contribution in [2.24, 2.45) is 0 Å². The molecule has 2 aromatic rings. The molecule has 1 saturated heterocycles. The summed E-state index contributed by atoms with van der Waals surface area (Å²) >= 11 is 0. The zero-order valence-corrected chi connectivity index (χ0v) is 14.5. The lowest BCUT2D eigenvalue weighted by Crippen LogP contribution is -2.43. The number of amides is 1. The van der Waals surface area contributed by atoms with Crippen LogP contribution in [0.1, 0.15) is 12.0 Å². The molecule has 0 bridgehead atoms. The zero-order chi connectivity index (χ0) is 16.8. The van der Waals surface area contributed by atoms with Crippen molar-refractivity contribution in [2.45, 2.75) is 19.0 Å². The van der Waals surface area contributed by atoms with Crippen molar-refractivity contribution >= 4 is 24.0 Å². The lowest BCUT2D eigenvalue weighted by molar-refractivity contribution is -0.117. The fourth-order valence-corrected chi connectivity index (χ4v) is 2.64. The van der Waals surface area contributed by atoms with E-state index in [0.717, 1.165) is 12.1 Å². The van der Waals surface area contributed by atoms with E-state index < -0.39 is 0 Å². The van der Waals surface area contributed by atoms with Crippen LogP contribution in [0.4, 0.5) is 5.69 Å². The molecule has 0 saturated carbocycles. The fourth-order valence-electron chi connectivity index (χ4n) is 2.64. The van der Waals surface area contributed by atoms with E-state index in [9.17, 15) is 9.59 Å². The Labute approximate surface area is 151 Å². The summed E-state index contributed by atoms with van der Waals surface area (Å²) in [6.07, 6.45) is 3.53. The largest absolute Gasteiger partial charge is 0.378 e. The van der Waals surface area contributed by atoms with Gasteiger partial charge in [-0.2, -0.15) is 0 Å². The Bertz CT molecular complexity index is 759. The average molecular weight is 365 g/mol. The molecule has 0 radical (unpaired) electrons. The number of benzene rings is 1. The first kappa shape index (κ1) is 19.1. The Morgan fingerprint density at radius 3 is 3.04 bits per heavy atom. The standard InChI is InChI=1S/C17H20N4O3.ClH/c22-16(10-15-12-24-8-6-18-15)20-14-4-1-3-13(9-14)11-21-7-2-5-19-17(21)23;/h1-5,7,9,15,18H,6,8,10-12H2,(H,20,22);1H. The molecule has 3 rings (SSSR count). The minimum atomic E-state index is -0.296. The molecule has 1 unspecified atom stereocenters. The molecular formula is C17H21ClN4O3. The lowest BCUT2D eigenvalue weighted by atomic mass is 10.1. The summed E-state index contributed by atoms with van der Waals surface area (Å²) < 4.78 is 6.87. The SMILES string of the molecule is Cl.O=C(CC1COCCN1)Nc1cccc(Cn2cccnc2=O)c1. The van der Waals surface area contributed by atoms with Gasteiger partial charge >= 0.3 is 5.69 Å². The van der Waals surface area contributed by atoms with Crippen molar-refractivity contribution in [3.05, 3.63) is 58.8 Å². The molecule has 134 valence electrons. The topological polar surface area (TPSA) is 85.2 Å². The van der Waals surface area contributed by atoms with Crippen LogP contribution in [0.15, 0.2) is 47.5 Å². The number of anilines is 1. The Kier molecular flexibility index (Phi) is 7.12. The molecule has 8 heteroatoms. The van der Waals surface area contributed by atoms with Crippen molar-refractivity contribution in [1.29, 1.82) is 0 Å². The number of nitrogens with zero attached hydrogens (tertiary/aromatic N) is 2. The van der Waals surface area contributed by atoms with Crippen molar-refractivity contribution < 1.29 is 9.53 Å². The summed E-state index contributed by atoms with van der Waals surface area (Å²) in [6, 6.07) is 9.22. The summed E-state index contributed by atoms with van der Waals surface area (Å²) in [6.45, 7) is 2.42. The second-order valence-corrected chi connectivity index (χ2v) is 5.71. The molecule has 1 aromatic carbocycles. The Morgan fingerprint density at radius 2 is 2.28 bits per heavy atom. The van der Waals surface area contributed by atoms with Crippen LogP contribution in [0.25, 0.3) is 0 Å². The number of hydrogen-bond acceptors (Lipinski definition) is 5. The smallest absolute Gasteiger partial charge is 0.347 e. The van der Waals surface area contributed by atoms with Gasteiger partial charge in [-0.05, 0) is 23.8 Å². The minimum Gasteiger partial charge on any atom is -0.378 e. The molecule has 1 aliphatic heterocycles. The van der Waals surface area contributed by atoms with Crippen LogP contribution in [0, 0.1) is 0 Å². The molecule has 1 aliphatic rings. The van der Waals surface area contributed by atoms with Gasteiger partial charge < -0.3 is 15.4 Å². The number of aromatic nitrogens is 2. The van der Waals surface area contributed by atoms with Gasteiger partial charge in [0.15, 0.2) is 0 Å². The molecule has 1 amide bonds. The van der Waals surface area contributed by atoms with E-state index in [1.807, 2.05) is 24.3 Å². The van der Waals surface area contributed by atoms with Crippen molar-refractivity contribution in [3.63, 3.8) is 0 Å². The zero-order valence-electron chi connectivity index (χ0n) is 13.7. The minimum absolute atomic E-state index is 0. The first-order valence-corrected chi connectivity index (χ1v) is 7.92. The molecule has 25 heavy (non-hydrogen) atoms. The maximum atomic E-state index is 12.1. The van der Waals surface area contributed by atoms with Gasteiger partial charge in [-0.15, -0.1) is 12.4 Å². The predicted molar refractivity (Wildman–Crippen MR) is 97.1 cm³/mol. The monoisotopic (exact) mass is 364 g/mol. The number of nitrogens with one attached hydrogen (secondary N) is 2. The van der Waals surface area contributed by atoms with E-state index in [-0.39, 0.29) is 30.0 Å². The summed E-state index contributed by atoms with van der Waals surface area (Å²) in [5.74, 6) is -0.0614. The third-order valence-corrected chi connectivity index (χ3v) is 3.78. The highest BCUT2D eigenvalue weighted by molar-refractivity contribution is 5.91. The second kappa shape index (κ2) is 9.31. The van der Waals surface area contributed by atoms with Crippen LogP contribution in [-0.4, -0.2) is 41.3 Å². The summed E-state index contributed by atoms with van der Waals surface area (Å²) in [5.41, 5.74) is 1.34. The molecule has 1 aromatic heterocycles. The van der Waals surface area contributed by atoms with Crippen LogP contribution < -0.4 is 16.3 Å². The maximum absolute atomic E-state index is 12.1. The number of ether oxygens (including phenoxy) is 1. The first-order valence-electron chi connectivity index (χ1n) is 7.92. The van der Waals surface area contributed by atoms with Gasteiger partial charge in [-0.3, -0.25) is 9.36 Å². The normalized spacial score (nSPS) is 16.7. The molecule has 1 fully saturated rings. The van der Waals surface area contributed by atoms with E-state index >= 15 is 0 Å². The van der Waals surface area contributed by atoms with Gasteiger partial charge in [-0.1, -0.05) is 12.1 Å². The van der Waals surface area contributed by atoms with E-state index in [1.54, 1.807) is 12.3 Å². The van der Waals surface area contributed by atoms with Crippen molar-refractivity contribution in [2.75, 3.05) is 25.1 Å². The van der Waals surface area contributed by atoms with Crippen molar-refractivity contribution in [1.82, 2.24) is 14.9 Å². The van der Waals surface area contributed by atoms with Gasteiger partial charge in [0.05, 0.1) is 19.8 Å². The summed E-state index contributed by atoms with van der Waals surface area (Å²) in [5, 5.41) is 6.15. The third-order valence-electron chi connectivity index (χ3n) is 3.78. The van der Waals surface area contributed by atoms with E-state index in [1.165, 1.54) is 10.8 Å². The van der Waals surface area contributed by atoms with Crippen LogP contribution >= 0.6 is 12.4 Å². The van der Waals surface area contributed by atoms with Crippen LogP contribution in [0.2, 0.25) is 0 Å². The predicted octanol–water partition coefficient (Wildman–Crippen LogP) is 1.03. The molecule has 2 N–H and O–H groups in total. The fraction of sp³-hybridized carbons (Fsp3) is 0.353. The Hall–Kier alpha value is -2.22. The van der Waals surface area contributed by atoms with Crippen LogP contribution in [0.5, 0.6) is 0 Å². The molecule has 0 aliphatic carbocycles. The molecule has 7 nitrogen and oxygen atoms in total. The number of carbonyl (C=O) groups is 1. The van der Waals surface area contributed by atoms with E-state index in [0.29, 0.717) is 31.9 Å². The summed E-state index contributed by atoms with van der Waals surface area (Å²) in [7, 11) is 0. The van der Waals surface area contributed by atoms with Gasteiger partial charge in [0, 0.05) is 37.1 Å². The summed E-state index contributed by atoms with van der Waals surface area (Å²) in [4.78, 5) is 27.5. The van der Waals surface area contributed by atoms with Gasteiger partial charge in [0.25, 0.3) is 0 Å². The highest BCUT2D eigenvalue weighted by Gasteiger charge is 2.16. The molecule has 0 spiro atoms. The molecule has 1 atom stereocenters. The average Bonchev–Trinajstić information content (AvgIpc) is 2.58. The van der Waals surface area contributed by atoms with Gasteiger partial charge in [-0.25, -0.2) is 9.78 Å². The first-order chi connectivity index (χ1) is 11.7. The second-order valence-electron chi connectivity index (χ2n) is 5.71. The number of rotatable bonds is 5. The highest BCUT2D eigenvalue weighted by Crippen LogP contribution is 2.12. The molecule has 2 heterocycles. The highest BCUT2D eigenvalue weighted by atomic mass is 35.5. The molecular weight excluding hydrogens is 344 g/mol. The number of morpholine rings is 1.